The Labute approximate surface area is 166 Å². The van der Waals surface area contributed by atoms with E-state index in [4.69, 9.17) is 16.9 Å². The highest BCUT2D eigenvalue weighted by Crippen LogP contribution is 2.27. The van der Waals surface area contributed by atoms with Gasteiger partial charge < -0.3 is 10.2 Å². The van der Waals surface area contributed by atoms with Gasteiger partial charge in [-0.05, 0) is 37.1 Å². The van der Waals surface area contributed by atoms with Crippen molar-refractivity contribution >= 4 is 51.4 Å². The number of nitrogens with one attached hydrogen (secondary N) is 1. The van der Waals surface area contributed by atoms with E-state index in [0.29, 0.717) is 11.6 Å². The second-order valence-corrected chi connectivity index (χ2v) is 8.08. The van der Waals surface area contributed by atoms with Crippen LogP contribution in [-0.4, -0.2) is 34.9 Å². The molecule has 2 aromatic rings. The average molecular weight is 410 g/mol. The summed E-state index contributed by atoms with van der Waals surface area (Å²) in [6, 6.07) is 7.52. The van der Waals surface area contributed by atoms with Gasteiger partial charge in [0.25, 0.3) is 0 Å². The lowest BCUT2D eigenvalue weighted by atomic mass is 10.2. The smallest absolute Gasteiger partial charge is 0.237 e. The highest BCUT2D eigenvalue weighted by Gasteiger charge is 2.17. The molecule has 2 rings (SSSR count). The topological polar surface area (TPSA) is 81.9 Å². The number of nitriles is 1. The summed E-state index contributed by atoms with van der Waals surface area (Å²) in [7, 11) is 0. The predicted octanol–water partition coefficient (Wildman–Crippen LogP) is 4.36. The number of anilines is 2. The number of carbonyl (C=O) groups excluding carboxylic acids is 1. The van der Waals surface area contributed by atoms with Crippen molar-refractivity contribution in [1.29, 1.82) is 5.26 Å². The summed E-state index contributed by atoms with van der Waals surface area (Å²) in [5, 5.41) is 21.6. The van der Waals surface area contributed by atoms with Crippen LogP contribution in [0.3, 0.4) is 0 Å². The molecular weight excluding hydrogens is 390 g/mol. The van der Waals surface area contributed by atoms with Crippen LogP contribution in [0.1, 0.15) is 25.3 Å². The summed E-state index contributed by atoms with van der Waals surface area (Å²) >= 11 is 8.85. The molecule has 0 spiro atoms. The molecule has 1 aromatic heterocycles. The summed E-state index contributed by atoms with van der Waals surface area (Å²) in [5.41, 5.74) is 1.64. The number of rotatable bonds is 9. The first-order valence-corrected chi connectivity index (χ1v) is 10.4. The van der Waals surface area contributed by atoms with Gasteiger partial charge in [-0.15, -0.1) is 10.2 Å². The number of hydrogen-bond acceptors (Lipinski definition) is 7. The highest BCUT2D eigenvalue weighted by atomic mass is 35.5. The van der Waals surface area contributed by atoms with Crippen molar-refractivity contribution < 1.29 is 4.79 Å². The number of thioether (sulfide) groups is 1. The zero-order valence-corrected chi connectivity index (χ0v) is 17.0. The van der Waals surface area contributed by atoms with Crippen LogP contribution in [0.25, 0.3) is 0 Å². The zero-order chi connectivity index (χ0) is 18.9. The molecule has 1 heterocycles. The Morgan fingerprint density at radius 2 is 2.27 bits per heavy atom. The molecule has 6 nitrogen and oxygen atoms in total. The summed E-state index contributed by atoms with van der Waals surface area (Å²) < 4.78 is 0.740. The van der Waals surface area contributed by atoms with Crippen molar-refractivity contribution in [2.24, 2.45) is 0 Å². The van der Waals surface area contributed by atoms with Crippen LogP contribution < -0.4 is 10.2 Å². The van der Waals surface area contributed by atoms with E-state index in [0.717, 1.165) is 33.7 Å². The summed E-state index contributed by atoms with van der Waals surface area (Å²) in [6.07, 6.45) is 1.27. The Balaban J connectivity index is 2.03. The fourth-order valence-corrected chi connectivity index (χ4v) is 3.90. The second kappa shape index (κ2) is 10.4. The van der Waals surface area contributed by atoms with Crippen LogP contribution in [0.5, 0.6) is 0 Å². The van der Waals surface area contributed by atoms with E-state index < -0.39 is 0 Å². The minimum Gasteiger partial charge on any atom is -0.360 e. The van der Waals surface area contributed by atoms with Gasteiger partial charge >= 0.3 is 0 Å². The highest BCUT2D eigenvalue weighted by molar-refractivity contribution is 8.01. The third-order valence-corrected chi connectivity index (χ3v) is 5.88. The molecule has 0 aliphatic carbocycles. The average Bonchev–Trinajstić information content (AvgIpc) is 3.09. The molecule has 0 saturated heterocycles. The van der Waals surface area contributed by atoms with E-state index >= 15 is 0 Å². The van der Waals surface area contributed by atoms with Crippen molar-refractivity contribution in [3.8, 4) is 6.07 Å². The lowest BCUT2D eigenvalue weighted by Gasteiger charge is -2.22. The Morgan fingerprint density at radius 1 is 1.46 bits per heavy atom. The van der Waals surface area contributed by atoms with Crippen LogP contribution in [0, 0.1) is 18.3 Å². The molecule has 0 saturated carbocycles. The summed E-state index contributed by atoms with van der Waals surface area (Å²) in [4.78, 5) is 14.3. The third-order valence-electron chi connectivity index (χ3n) is 3.45. The number of amides is 1. The minimum absolute atomic E-state index is 0.0785. The van der Waals surface area contributed by atoms with Gasteiger partial charge in [0.15, 0.2) is 4.34 Å². The molecule has 0 radical (unpaired) electrons. The first-order chi connectivity index (χ1) is 12.5. The maximum absolute atomic E-state index is 12.7. The van der Waals surface area contributed by atoms with Gasteiger partial charge in [-0.2, -0.15) is 5.26 Å². The number of nitrogens with zero attached hydrogens (tertiary/aromatic N) is 4. The number of halogens is 1. The fraction of sp³-hybridized carbons (Fsp3) is 0.412. The molecule has 0 bridgehead atoms. The minimum atomic E-state index is -0.0785. The van der Waals surface area contributed by atoms with Gasteiger partial charge in [-0.3, -0.25) is 4.79 Å². The van der Waals surface area contributed by atoms with E-state index in [-0.39, 0.29) is 18.1 Å². The Kier molecular flexibility index (Phi) is 8.16. The Hall–Kier alpha value is -1.82. The number of aromatic nitrogens is 2. The van der Waals surface area contributed by atoms with Crippen molar-refractivity contribution in [3.63, 3.8) is 0 Å². The van der Waals surface area contributed by atoms with Gasteiger partial charge in [-0.25, -0.2) is 0 Å². The number of hydrogen-bond donors (Lipinski definition) is 1. The van der Waals surface area contributed by atoms with Gasteiger partial charge in [0.05, 0.1) is 18.2 Å². The molecule has 0 aliphatic rings. The quantitative estimate of drug-likeness (QED) is 0.619. The molecule has 1 aromatic carbocycles. The Bertz CT molecular complexity index is 790. The molecule has 26 heavy (non-hydrogen) atoms. The predicted molar refractivity (Wildman–Crippen MR) is 108 cm³/mol. The molecule has 9 heteroatoms. The van der Waals surface area contributed by atoms with Gasteiger partial charge in [0.1, 0.15) is 0 Å². The maximum atomic E-state index is 12.7. The van der Waals surface area contributed by atoms with Crippen LogP contribution in [0.4, 0.5) is 10.8 Å². The summed E-state index contributed by atoms with van der Waals surface area (Å²) in [6.45, 7) is 5.16. The van der Waals surface area contributed by atoms with Gasteiger partial charge in [0, 0.05) is 23.8 Å². The standard InChI is InChI=1S/C17H20ClN5OS2/c1-3-8-20-16-21-22-17(26-16)25-11-15(24)23(9-4-7-19)13-5-6-14(18)12(2)10-13/h5-6,10H,3-4,8-9,11H2,1-2H3,(H,20,21). The molecule has 138 valence electrons. The molecular formula is C17H20ClN5OS2. The molecule has 0 unspecified atom stereocenters. The fourth-order valence-electron chi connectivity index (χ4n) is 2.13. The van der Waals surface area contributed by atoms with E-state index in [9.17, 15) is 4.79 Å². The van der Waals surface area contributed by atoms with Gasteiger partial charge in [-0.1, -0.05) is 41.6 Å². The van der Waals surface area contributed by atoms with Crippen LogP contribution in [0.15, 0.2) is 22.5 Å². The third kappa shape index (κ3) is 5.87. The second-order valence-electron chi connectivity index (χ2n) is 5.48. The maximum Gasteiger partial charge on any atom is 0.237 e. The van der Waals surface area contributed by atoms with Crippen LogP contribution in [0.2, 0.25) is 5.02 Å². The van der Waals surface area contributed by atoms with Crippen molar-refractivity contribution in [1.82, 2.24) is 10.2 Å². The Morgan fingerprint density at radius 3 is 2.96 bits per heavy atom. The molecule has 1 N–H and O–H groups in total. The number of aryl methyl sites for hydroxylation is 1. The summed E-state index contributed by atoms with van der Waals surface area (Å²) in [5.74, 6) is 0.153. The van der Waals surface area contributed by atoms with Crippen molar-refractivity contribution in [2.75, 3.05) is 29.1 Å². The van der Waals surface area contributed by atoms with E-state index in [1.807, 2.05) is 13.0 Å². The largest absolute Gasteiger partial charge is 0.360 e. The first-order valence-electron chi connectivity index (χ1n) is 8.18. The van der Waals surface area contributed by atoms with Crippen LogP contribution >= 0.6 is 34.7 Å². The number of benzene rings is 1. The molecule has 1 amide bonds. The van der Waals surface area contributed by atoms with Crippen LogP contribution in [-0.2, 0) is 4.79 Å². The zero-order valence-electron chi connectivity index (χ0n) is 14.7. The first kappa shape index (κ1) is 20.5. The van der Waals surface area contributed by atoms with E-state index in [1.165, 1.54) is 23.1 Å². The molecule has 0 aliphatic heterocycles. The molecule has 0 atom stereocenters. The SMILES string of the molecule is CCCNc1nnc(SCC(=O)N(CCC#N)c2ccc(Cl)c(C)c2)s1. The van der Waals surface area contributed by atoms with E-state index in [1.54, 1.807) is 17.0 Å². The lowest BCUT2D eigenvalue weighted by molar-refractivity contribution is -0.116. The normalized spacial score (nSPS) is 10.4. The number of carbonyl (C=O) groups is 1. The van der Waals surface area contributed by atoms with Crippen molar-refractivity contribution in [2.45, 2.75) is 31.0 Å². The van der Waals surface area contributed by atoms with Gasteiger partial charge in [0.2, 0.25) is 11.0 Å². The van der Waals surface area contributed by atoms with Crippen molar-refractivity contribution in [3.05, 3.63) is 28.8 Å². The lowest BCUT2D eigenvalue weighted by Crippen LogP contribution is -2.33. The molecule has 0 fully saturated rings. The van der Waals surface area contributed by atoms with E-state index in [2.05, 4.69) is 28.5 Å². The monoisotopic (exact) mass is 409 g/mol.